The summed E-state index contributed by atoms with van der Waals surface area (Å²) < 4.78 is 9.84. The van der Waals surface area contributed by atoms with E-state index >= 15 is 0 Å². The molecule has 0 fully saturated rings. The smallest absolute Gasteiger partial charge is 0.344 e. The lowest BCUT2D eigenvalue weighted by molar-refractivity contribution is -0.166. The molecule has 0 aromatic heterocycles. The Morgan fingerprint density at radius 2 is 1.81 bits per heavy atom. The summed E-state index contributed by atoms with van der Waals surface area (Å²) in [4.78, 5) is 48.7. The van der Waals surface area contributed by atoms with Crippen molar-refractivity contribution in [3.63, 3.8) is 0 Å². The van der Waals surface area contributed by atoms with Crippen molar-refractivity contribution in [2.24, 2.45) is 0 Å². The standard InChI is InChI=1S/C18H22N2O6/c1-18(2,3)26-17(24)11-25-16(23)9-8-15(22)20-10-14(21)19-12-6-4-5-7-13(12)20/h4-7H,8-11H2,1-3H3,(H,19,21). The number of esters is 2. The zero-order valence-corrected chi connectivity index (χ0v) is 15.0. The number of para-hydroxylation sites is 2. The number of carbonyl (C=O) groups excluding carboxylic acids is 4. The van der Waals surface area contributed by atoms with Crippen molar-refractivity contribution in [3.8, 4) is 0 Å². The molecule has 0 spiro atoms. The number of ether oxygens (including phenoxy) is 2. The second-order valence-corrected chi connectivity index (χ2v) is 6.79. The minimum atomic E-state index is -0.682. The third kappa shape index (κ3) is 5.58. The molecule has 8 heteroatoms. The van der Waals surface area contributed by atoms with Gasteiger partial charge in [-0.2, -0.15) is 0 Å². The van der Waals surface area contributed by atoms with E-state index in [9.17, 15) is 19.2 Å². The van der Waals surface area contributed by atoms with Crippen LogP contribution in [0.1, 0.15) is 33.6 Å². The molecule has 26 heavy (non-hydrogen) atoms. The third-order valence-electron chi connectivity index (χ3n) is 3.39. The van der Waals surface area contributed by atoms with E-state index in [0.717, 1.165) is 0 Å². The van der Waals surface area contributed by atoms with E-state index in [1.807, 2.05) is 0 Å². The zero-order valence-electron chi connectivity index (χ0n) is 15.0. The van der Waals surface area contributed by atoms with Gasteiger partial charge < -0.3 is 19.7 Å². The van der Waals surface area contributed by atoms with Crippen LogP contribution >= 0.6 is 0 Å². The second kappa shape index (κ2) is 7.99. The van der Waals surface area contributed by atoms with Gasteiger partial charge >= 0.3 is 11.9 Å². The lowest BCUT2D eigenvalue weighted by atomic mass is 10.1. The molecule has 0 bridgehead atoms. The SMILES string of the molecule is CC(C)(C)OC(=O)COC(=O)CCC(=O)N1CC(=O)Nc2ccccc21. The Hall–Kier alpha value is -2.90. The van der Waals surface area contributed by atoms with Crippen LogP contribution in [0.2, 0.25) is 0 Å². The summed E-state index contributed by atoms with van der Waals surface area (Å²) in [7, 11) is 0. The first-order valence-corrected chi connectivity index (χ1v) is 8.22. The quantitative estimate of drug-likeness (QED) is 0.799. The molecule has 0 unspecified atom stereocenters. The molecule has 140 valence electrons. The fourth-order valence-corrected chi connectivity index (χ4v) is 2.38. The topological polar surface area (TPSA) is 102 Å². The lowest BCUT2D eigenvalue weighted by Crippen LogP contribution is -2.42. The molecule has 2 rings (SSSR count). The fourth-order valence-electron chi connectivity index (χ4n) is 2.38. The van der Waals surface area contributed by atoms with Gasteiger partial charge in [0.15, 0.2) is 6.61 Å². The highest BCUT2D eigenvalue weighted by molar-refractivity contribution is 6.10. The molecule has 8 nitrogen and oxygen atoms in total. The predicted octanol–water partition coefficient (Wildman–Crippen LogP) is 1.64. The summed E-state index contributed by atoms with van der Waals surface area (Å²) in [6, 6.07) is 6.92. The van der Waals surface area contributed by atoms with E-state index in [0.29, 0.717) is 11.4 Å². The van der Waals surface area contributed by atoms with E-state index in [4.69, 9.17) is 9.47 Å². The molecule has 1 N–H and O–H groups in total. The van der Waals surface area contributed by atoms with Crippen molar-refractivity contribution in [1.29, 1.82) is 0 Å². The molecule has 1 aromatic rings. The van der Waals surface area contributed by atoms with Gasteiger partial charge in [-0.3, -0.25) is 14.4 Å². The number of benzene rings is 1. The first-order valence-electron chi connectivity index (χ1n) is 8.22. The van der Waals surface area contributed by atoms with Crippen LogP contribution in [0.25, 0.3) is 0 Å². The maximum atomic E-state index is 12.4. The number of rotatable bonds is 5. The van der Waals surface area contributed by atoms with Crippen LogP contribution in [0.5, 0.6) is 0 Å². The van der Waals surface area contributed by atoms with Crippen molar-refractivity contribution >= 4 is 35.1 Å². The highest BCUT2D eigenvalue weighted by Gasteiger charge is 2.27. The number of anilines is 2. The monoisotopic (exact) mass is 362 g/mol. The van der Waals surface area contributed by atoms with Crippen molar-refractivity contribution in [1.82, 2.24) is 0 Å². The van der Waals surface area contributed by atoms with Crippen molar-refractivity contribution < 1.29 is 28.7 Å². The van der Waals surface area contributed by atoms with Gasteiger partial charge in [-0.25, -0.2) is 4.79 Å². The molecule has 1 heterocycles. The molecule has 1 aromatic carbocycles. The summed E-state index contributed by atoms with van der Waals surface area (Å²) in [5, 5.41) is 2.69. The Balaban J connectivity index is 1.84. The average Bonchev–Trinajstić information content (AvgIpc) is 2.55. The summed E-state index contributed by atoms with van der Waals surface area (Å²) in [6.07, 6.45) is -0.323. The molecule has 0 saturated heterocycles. The Morgan fingerprint density at radius 1 is 1.12 bits per heavy atom. The van der Waals surface area contributed by atoms with E-state index in [-0.39, 0.29) is 31.2 Å². The number of fused-ring (bicyclic) bond motifs is 1. The molecule has 0 atom stereocenters. The number of nitrogens with one attached hydrogen (secondary N) is 1. The highest BCUT2D eigenvalue weighted by atomic mass is 16.6. The van der Waals surface area contributed by atoms with Gasteiger partial charge in [-0.1, -0.05) is 12.1 Å². The molecule has 0 saturated carbocycles. The fraction of sp³-hybridized carbons (Fsp3) is 0.444. The van der Waals surface area contributed by atoms with Gasteiger partial charge in [0.2, 0.25) is 11.8 Å². The Morgan fingerprint density at radius 3 is 2.50 bits per heavy atom. The van der Waals surface area contributed by atoms with Gasteiger partial charge in [-0.15, -0.1) is 0 Å². The third-order valence-corrected chi connectivity index (χ3v) is 3.39. The van der Waals surface area contributed by atoms with Gasteiger partial charge in [0.1, 0.15) is 12.1 Å². The van der Waals surface area contributed by atoms with Crippen LogP contribution in [-0.2, 0) is 28.7 Å². The Labute approximate surface area is 151 Å². The van der Waals surface area contributed by atoms with Crippen LogP contribution in [0.4, 0.5) is 11.4 Å². The zero-order chi connectivity index (χ0) is 19.3. The first-order chi connectivity index (χ1) is 12.2. The van der Waals surface area contributed by atoms with Crippen LogP contribution < -0.4 is 10.2 Å². The van der Waals surface area contributed by atoms with Crippen molar-refractivity contribution in [2.45, 2.75) is 39.2 Å². The van der Waals surface area contributed by atoms with Crippen LogP contribution in [0.3, 0.4) is 0 Å². The molecular formula is C18H22N2O6. The molecular weight excluding hydrogens is 340 g/mol. The Bertz CT molecular complexity index is 723. The van der Waals surface area contributed by atoms with Crippen LogP contribution in [0, 0.1) is 0 Å². The summed E-state index contributed by atoms with van der Waals surface area (Å²) in [6.45, 7) is 4.51. The van der Waals surface area contributed by atoms with E-state index in [1.54, 1.807) is 45.0 Å². The van der Waals surface area contributed by atoms with Gasteiger partial charge in [-0.05, 0) is 32.9 Å². The number of hydrogen-bond donors (Lipinski definition) is 1. The van der Waals surface area contributed by atoms with Crippen LogP contribution in [0.15, 0.2) is 24.3 Å². The molecule has 2 amide bonds. The van der Waals surface area contributed by atoms with Crippen molar-refractivity contribution in [3.05, 3.63) is 24.3 Å². The van der Waals surface area contributed by atoms with E-state index in [1.165, 1.54) is 4.90 Å². The van der Waals surface area contributed by atoms with Gasteiger partial charge in [0, 0.05) is 6.42 Å². The largest absolute Gasteiger partial charge is 0.457 e. The van der Waals surface area contributed by atoms with E-state index in [2.05, 4.69) is 5.32 Å². The highest BCUT2D eigenvalue weighted by Crippen LogP contribution is 2.29. The number of amides is 2. The summed E-state index contributed by atoms with van der Waals surface area (Å²) in [5.41, 5.74) is 0.464. The predicted molar refractivity (Wildman–Crippen MR) is 93.5 cm³/mol. The second-order valence-electron chi connectivity index (χ2n) is 6.79. The average molecular weight is 362 g/mol. The minimum absolute atomic E-state index is 0.108. The lowest BCUT2D eigenvalue weighted by Gasteiger charge is -2.29. The van der Waals surface area contributed by atoms with Crippen molar-refractivity contribution in [2.75, 3.05) is 23.4 Å². The number of nitrogens with zero attached hydrogens (tertiary/aromatic N) is 1. The summed E-state index contributed by atoms with van der Waals surface area (Å²) in [5.74, 6) is -2.01. The van der Waals surface area contributed by atoms with Crippen LogP contribution in [-0.4, -0.2) is 42.5 Å². The molecule has 0 radical (unpaired) electrons. The maximum absolute atomic E-state index is 12.4. The first kappa shape index (κ1) is 19.4. The molecule has 1 aliphatic heterocycles. The normalized spacial score (nSPS) is 13.5. The number of carbonyl (C=O) groups is 4. The van der Waals surface area contributed by atoms with E-state index < -0.39 is 24.1 Å². The molecule has 1 aliphatic rings. The molecule has 0 aliphatic carbocycles. The number of hydrogen-bond acceptors (Lipinski definition) is 6. The Kier molecular flexibility index (Phi) is 5.97. The summed E-state index contributed by atoms with van der Waals surface area (Å²) >= 11 is 0. The van der Waals surface area contributed by atoms with Gasteiger partial charge in [0.25, 0.3) is 0 Å². The maximum Gasteiger partial charge on any atom is 0.344 e. The minimum Gasteiger partial charge on any atom is -0.457 e. The van der Waals surface area contributed by atoms with Gasteiger partial charge in [0.05, 0.1) is 17.8 Å².